The van der Waals surface area contributed by atoms with Gasteiger partial charge in [0.2, 0.25) is 0 Å². The molecule has 1 N–H and O–H groups in total. The topological polar surface area (TPSA) is 72.9 Å². The summed E-state index contributed by atoms with van der Waals surface area (Å²) in [5.41, 5.74) is 7.02. The molecule has 2 unspecified atom stereocenters. The lowest BCUT2D eigenvalue weighted by Gasteiger charge is -2.43. The Kier molecular flexibility index (Phi) is 7.98. The standard InChI is InChI=1S/C37H42N2O6/c1-38-14-12-24-19-31(42-4)33-21-27(24)28(38)16-22-6-9-26(10-7-22)44-32-18-23(8-11-30(32)41-3)17-29-35-25(13-15-39(29)2)20-34(43-5)36(40)37(35)45-33/h6-11,18-21,28-29,36-37,40H,12-17H2,1-5H3/t28-,29-,36?,37?/m0/s1. The first-order chi connectivity index (χ1) is 21.9. The van der Waals surface area contributed by atoms with Crippen molar-refractivity contribution in [2.24, 2.45) is 0 Å². The highest BCUT2D eigenvalue weighted by Gasteiger charge is 2.42. The quantitative estimate of drug-likeness (QED) is 0.419. The van der Waals surface area contributed by atoms with E-state index in [1.54, 1.807) is 21.3 Å². The Morgan fingerprint density at radius 1 is 0.756 bits per heavy atom. The number of hydrogen-bond donors (Lipinski definition) is 1. The predicted octanol–water partition coefficient (Wildman–Crippen LogP) is 5.48. The van der Waals surface area contributed by atoms with Crippen LogP contribution in [0.1, 0.15) is 34.7 Å². The molecular formula is C37H42N2O6. The van der Waals surface area contributed by atoms with Crippen LogP contribution in [0.15, 0.2) is 77.6 Å². The fourth-order valence-electron chi connectivity index (χ4n) is 7.41. The molecule has 0 aromatic heterocycles. The summed E-state index contributed by atoms with van der Waals surface area (Å²) < 4.78 is 30.7. The Hall–Kier alpha value is -3.98. The number of aliphatic hydroxyl groups excluding tert-OH is 1. The minimum atomic E-state index is -0.972. The van der Waals surface area contributed by atoms with Gasteiger partial charge in [0.1, 0.15) is 11.5 Å². The van der Waals surface area contributed by atoms with E-state index >= 15 is 0 Å². The number of ether oxygens (including phenoxy) is 5. The monoisotopic (exact) mass is 610 g/mol. The van der Waals surface area contributed by atoms with E-state index in [0.717, 1.165) is 54.8 Å². The van der Waals surface area contributed by atoms with Gasteiger partial charge in [0.15, 0.2) is 35.2 Å². The maximum Gasteiger partial charge on any atom is 0.169 e. The molecule has 0 saturated carbocycles. The van der Waals surface area contributed by atoms with Gasteiger partial charge in [-0.1, -0.05) is 18.2 Å². The van der Waals surface area contributed by atoms with E-state index in [0.29, 0.717) is 35.2 Å². The lowest BCUT2D eigenvalue weighted by molar-refractivity contribution is 0.0274. The molecule has 0 amide bonds. The number of hydrogen-bond acceptors (Lipinski definition) is 8. The third-order valence-corrected chi connectivity index (χ3v) is 9.97. The first kappa shape index (κ1) is 29.7. The zero-order chi connectivity index (χ0) is 31.2. The van der Waals surface area contributed by atoms with Gasteiger partial charge in [-0.15, -0.1) is 0 Å². The Morgan fingerprint density at radius 3 is 2.22 bits per heavy atom. The lowest BCUT2D eigenvalue weighted by atomic mass is 9.80. The second-order valence-electron chi connectivity index (χ2n) is 12.5. The number of likely N-dealkylation sites (N-methyl/N-ethyl adjacent to an activating group) is 2. The maximum absolute atomic E-state index is 11.8. The van der Waals surface area contributed by atoms with Crippen molar-refractivity contribution in [2.75, 3.05) is 48.5 Å². The number of methoxy groups -OCH3 is 3. The van der Waals surface area contributed by atoms with Crippen LogP contribution in [0.3, 0.4) is 0 Å². The summed E-state index contributed by atoms with van der Waals surface area (Å²) >= 11 is 0. The van der Waals surface area contributed by atoms with Crippen LogP contribution in [-0.4, -0.2) is 81.7 Å². The van der Waals surface area contributed by atoms with Gasteiger partial charge in [0, 0.05) is 25.2 Å². The first-order valence-corrected chi connectivity index (χ1v) is 15.7. The normalized spacial score (nSPS) is 24.8. The van der Waals surface area contributed by atoms with Gasteiger partial charge in [0.25, 0.3) is 0 Å². The van der Waals surface area contributed by atoms with Gasteiger partial charge < -0.3 is 28.8 Å². The minimum absolute atomic E-state index is 0.0232. The van der Waals surface area contributed by atoms with Crippen LogP contribution in [0.5, 0.6) is 28.7 Å². The first-order valence-electron chi connectivity index (χ1n) is 15.7. The molecule has 0 fully saturated rings. The van der Waals surface area contributed by atoms with Gasteiger partial charge in [-0.2, -0.15) is 0 Å². The van der Waals surface area contributed by atoms with Crippen LogP contribution >= 0.6 is 0 Å². The number of allylic oxidation sites excluding steroid dienone is 1. The van der Waals surface area contributed by atoms with Crippen molar-refractivity contribution in [3.63, 3.8) is 0 Å². The van der Waals surface area contributed by atoms with E-state index in [4.69, 9.17) is 23.7 Å². The fraction of sp³-hybridized carbons (Fsp3) is 0.405. The van der Waals surface area contributed by atoms with Crippen LogP contribution in [0, 0.1) is 0 Å². The summed E-state index contributed by atoms with van der Waals surface area (Å²) in [4.78, 5) is 4.76. The van der Waals surface area contributed by atoms with E-state index in [2.05, 4.69) is 60.3 Å². The van der Waals surface area contributed by atoms with E-state index in [1.165, 1.54) is 16.7 Å². The SMILES string of the molecule is COC1=CC2=C3C(Oc4cc5c(cc4OC)CCN(C)[C@H]5Cc4ccc(cc4)Oc4cc(ccc4OC)C[C@@H]3N(C)CC2)C1O. The zero-order valence-corrected chi connectivity index (χ0v) is 26.7. The van der Waals surface area contributed by atoms with E-state index in [1.807, 2.05) is 24.3 Å². The predicted molar refractivity (Wildman–Crippen MR) is 173 cm³/mol. The van der Waals surface area contributed by atoms with Gasteiger partial charge in [-0.25, -0.2) is 0 Å². The van der Waals surface area contributed by atoms with Crippen molar-refractivity contribution < 1.29 is 28.8 Å². The summed E-state index contributed by atoms with van der Waals surface area (Å²) in [5, 5.41) is 11.8. The Labute approximate surface area is 265 Å². The highest BCUT2D eigenvalue weighted by atomic mass is 16.5. The third kappa shape index (κ3) is 5.45. The summed E-state index contributed by atoms with van der Waals surface area (Å²) in [6.07, 6.45) is 3.68. The maximum atomic E-state index is 11.8. The van der Waals surface area contributed by atoms with Crippen molar-refractivity contribution in [1.82, 2.24) is 9.80 Å². The summed E-state index contributed by atoms with van der Waals surface area (Å²) in [7, 11) is 9.28. The number of rotatable bonds is 3. The van der Waals surface area contributed by atoms with Crippen LogP contribution in [0.2, 0.25) is 0 Å². The molecule has 4 atom stereocenters. The smallest absolute Gasteiger partial charge is 0.169 e. The van der Waals surface area contributed by atoms with E-state index < -0.39 is 12.2 Å². The minimum Gasteiger partial charge on any atom is -0.498 e. The molecule has 236 valence electrons. The molecule has 6 bridgehead atoms. The molecular weight excluding hydrogens is 568 g/mol. The molecule has 0 spiro atoms. The molecule has 8 heteroatoms. The Morgan fingerprint density at radius 2 is 1.47 bits per heavy atom. The molecule has 4 aliphatic heterocycles. The average molecular weight is 611 g/mol. The number of nitrogens with zero attached hydrogens (tertiary/aromatic N) is 2. The molecule has 5 aliphatic rings. The highest BCUT2D eigenvalue weighted by Crippen LogP contribution is 2.44. The lowest BCUT2D eigenvalue weighted by Crippen LogP contribution is -2.50. The van der Waals surface area contributed by atoms with Crippen molar-refractivity contribution in [2.45, 2.75) is 50.0 Å². The van der Waals surface area contributed by atoms with Gasteiger partial charge in [0.05, 0.1) is 21.3 Å². The summed E-state index contributed by atoms with van der Waals surface area (Å²) in [5.74, 6) is 3.94. The number of benzene rings is 3. The van der Waals surface area contributed by atoms with Crippen LogP contribution in [-0.2, 0) is 24.0 Å². The van der Waals surface area contributed by atoms with Crippen molar-refractivity contribution in [1.29, 1.82) is 0 Å². The van der Waals surface area contributed by atoms with Crippen molar-refractivity contribution >= 4 is 0 Å². The molecule has 8 nitrogen and oxygen atoms in total. The average Bonchev–Trinajstić information content (AvgIpc) is 3.05. The molecule has 1 aliphatic carbocycles. The van der Waals surface area contributed by atoms with E-state index in [9.17, 15) is 5.11 Å². The molecule has 45 heavy (non-hydrogen) atoms. The van der Waals surface area contributed by atoms with Gasteiger partial charge >= 0.3 is 0 Å². The van der Waals surface area contributed by atoms with Crippen LogP contribution in [0.25, 0.3) is 0 Å². The molecule has 8 rings (SSSR count). The molecule has 3 aromatic rings. The molecule has 3 aromatic carbocycles. The zero-order valence-electron chi connectivity index (χ0n) is 26.7. The number of aliphatic hydroxyl groups is 1. The van der Waals surface area contributed by atoms with Gasteiger partial charge in [-0.05, 0) is 116 Å². The second kappa shape index (κ2) is 12.1. The number of fused-ring (bicyclic) bond motifs is 2. The Balaban J connectivity index is 1.41. The second-order valence-corrected chi connectivity index (χ2v) is 12.5. The van der Waals surface area contributed by atoms with Crippen LogP contribution < -0.4 is 18.9 Å². The largest absolute Gasteiger partial charge is 0.498 e. The molecule has 0 saturated heterocycles. The fourth-order valence-corrected chi connectivity index (χ4v) is 7.41. The van der Waals surface area contributed by atoms with Crippen molar-refractivity contribution in [3.8, 4) is 28.7 Å². The van der Waals surface area contributed by atoms with Crippen LogP contribution in [0.4, 0.5) is 0 Å². The Bertz CT molecular complexity index is 1650. The van der Waals surface area contributed by atoms with E-state index in [-0.39, 0.29) is 12.1 Å². The van der Waals surface area contributed by atoms with Gasteiger partial charge in [-0.3, -0.25) is 9.80 Å². The molecule has 0 radical (unpaired) electrons. The highest BCUT2D eigenvalue weighted by molar-refractivity contribution is 5.52. The molecule has 4 heterocycles. The third-order valence-electron chi connectivity index (χ3n) is 9.97. The summed E-state index contributed by atoms with van der Waals surface area (Å²) in [6.45, 7) is 1.83. The van der Waals surface area contributed by atoms with Crippen molar-refractivity contribution in [3.05, 3.63) is 99.8 Å². The summed E-state index contributed by atoms with van der Waals surface area (Å²) in [6, 6.07) is 18.9.